The Kier molecular flexibility index (Phi) is 7.66. The van der Waals surface area contributed by atoms with Crippen LogP contribution >= 0.6 is 0 Å². The number of allylic oxidation sites excluding steroid dienone is 2. The Morgan fingerprint density at radius 2 is 1.08 bits per heavy atom. The number of H-pyrrole nitrogens is 2. The summed E-state index contributed by atoms with van der Waals surface area (Å²) in [5, 5.41) is 0. The second kappa shape index (κ2) is 11.9. The summed E-state index contributed by atoms with van der Waals surface area (Å²) in [6.07, 6.45) is 12.3. The van der Waals surface area contributed by atoms with E-state index in [2.05, 4.69) is 55.6 Å². The number of piperidine rings is 2. The van der Waals surface area contributed by atoms with Gasteiger partial charge in [0.1, 0.15) is 0 Å². The number of aromatic amines is 2. The van der Waals surface area contributed by atoms with Crippen molar-refractivity contribution in [3.05, 3.63) is 90.8 Å². The Bertz CT molecular complexity index is 1780. The summed E-state index contributed by atoms with van der Waals surface area (Å²) in [7, 11) is 0. The molecule has 4 bridgehead atoms. The number of amides is 2. The number of likely N-dealkylation sites (tertiary alicyclic amines) is 2. The average Bonchev–Trinajstić information content (AvgIpc) is 3.07. The highest BCUT2D eigenvalue weighted by Crippen LogP contribution is 2.58. The number of piperazine rings is 1. The molecular formula is C40H50N6O4. The van der Waals surface area contributed by atoms with Crippen LogP contribution in [0.2, 0.25) is 0 Å². The van der Waals surface area contributed by atoms with Crippen LogP contribution in [0.1, 0.15) is 74.9 Å². The van der Waals surface area contributed by atoms with E-state index in [1.54, 1.807) is 12.1 Å². The van der Waals surface area contributed by atoms with Crippen molar-refractivity contribution in [2.75, 3.05) is 52.4 Å². The number of nitrogens with one attached hydrogen (secondary N) is 2. The number of pyridine rings is 2. The first-order valence-electron chi connectivity index (χ1n) is 19.0. The summed E-state index contributed by atoms with van der Waals surface area (Å²) >= 11 is 0. The minimum atomic E-state index is -0.396. The van der Waals surface area contributed by atoms with E-state index in [0.717, 1.165) is 113 Å². The van der Waals surface area contributed by atoms with Crippen molar-refractivity contribution in [1.29, 1.82) is 0 Å². The van der Waals surface area contributed by atoms with Crippen molar-refractivity contribution < 1.29 is 9.59 Å². The fourth-order valence-electron chi connectivity index (χ4n) is 12.0. The number of aromatic nitrogens is 2. The molecule has 3 saturated heterocycles. The standard InChI is InChI=1S/C40H50N6O4/c1-25-17-27-19-33-31(7-9-35(47)41-33)39(21-25)29(27)5-3-11-45(39)37(49)23-43-13-15-44(16-14-43)24-38(50)46-12-4-6-30-28-18-26(2)22-40(30,46)32-8-10-36(48)42-34(32)20-28/h7-10,17-18,27-30H,3-6,11-16,19-24H2,1-2H3,(H,41,47)(H,42,48)/t27?,28?,29?,30?,39-,40-/m1/s1. The lowest BCUT2D eigenvalue weighted by molar-refractivity contribution is -0.152. The summed E-state index contributed by atoms with van der Waals surface area (Å²) < 4.78 is 0. The van der Waals surface area contributed by atoms with Crippen molar-refractivity contribution >= 4 is 11.8 Å². The second-order valence-corrected chi connectivity index (χ2v) is 16.5. The van der Waals surface area contributed by atoms with E-state index in [-0.39, 0.29) is 22.9 Å². The van der Waals surface area contributed by atoms with Crippen LogP contribution in [0.5, 0.6) is 0 Å². The average molecular weight is 679 g/mol. The summed E-state index contributed by atoms with van der Waals surface area (Å²) in [5.41, 5.74) is 6.02. The summed E-state index contributed by atoms with van der Waals surface area (Å²) in [6, 6.07) is 7.27. The van der Waals surface area contributed by atoms with E-state index in [0.29, 0.717) is 36.8 Å². The molecule has 2 N–H and O–H groups in total. The van der Waals surface area contributed by atoms with Gasteiger partial charge < -0.3 is 19.8 Å². The maximum atomic E-state index is 14.3. The molecule has 6 atom stereocenters. The van der Waals surface area contributed by atoms with Gasteiger partial charge in [0, 0.05) is 62.8 Å². The van der Waals surface area contributed by atoms with Crippen molar-refractivity contribution in [3.63, 3.8) is 0 Å². The van der Waals surface area contributed by atoms with E-state index in [9.17, 15) is 19.2 Å². The first kappa shape index (κ1) is 32.2. The lowest BCUT2D eigenvalue weighted by Gasteiger charge is -2.59. The summed E-state index contributed by atoms with van der Waals surface area (Å²) in [5.74, 6) is 1.76. The van der Waals surface area contributed by atoms with Gasteiger partial charge in [0.05, 0.1) is 24.2 Å². The van der Waals surface area contributed by atoms with Gasteiger partial charge in [-0.1, -0.05) is 23.3 Å². The molecule has 264 valence electrons. The molecular weight excluding hydrogens is 628 g/mol. The van der Waals surface area contributed by atoms with Crippen LogP contribution < -0.4 is 11.1 Å². The molecule has 7 aliphatic rings. The first-order valence-corrected chi connectivity index (χ1v) is 19.0. The number of hydrogen-bond acceptors (Lipinski definition) is 6. The molecule has 50 heavy (non-hydrogen) atoms. The Morgan fingerprint density at radius 1 is 0.660 bits per heavy atom. The van der Waals surface area contributed by atoms with Gasteiger partial charge in [-0.2, -0.15) is 0 Å². The van der Waals surface area contributed by atoms with Crippen molar-refractivity contribution in [1.82, 2.24) is 29.6 Å². The van der Waals surface area contributed by atoms with Gasteiger partial charge in [0.2, 0.25) is 22.9 Å². The summed E-state index contributed by atoms with van der Waals surface area (Å²) in [6.45, 7) is 9.62. The van der Waals surface area contributed by atoms with Gasteiger partial charge in [0.15, 0.2) is 0 Å². The molecule has 3 fully saturated rings. The quantitative estimate of drug-likeness (QED) is 0.481. The fourth-order valence-corrected chi connectivity index (χ4v) is 12.0. The highest BCUT2D eigenvalue weighted by atomic mass is 16.2. The maximum Gasteiger partial charge on any atom is 0.248 e. The summed E-state index contributed by atoms with van der Waals surface area (Å²) in [4.78, 5) is 68.5. The maximum absolute atomic E-state index is 14.3. The topological polar surface area (TPSA) is 113 Å². The third kappa shape index (κ3) is 4.88. The van der Waals surface area contributed by atoms with Crippen LogP contribution in [0.15, 0.2) is 57.2 Å². The number of carbonyl (C=O) groups excluding carboxylic acids is 2. The van der Waals surface area contributed by atoms with Crippen LogP contribution in [0.3, 0.4) is 0 Å². The molecule has 9 rings (SSSR count). The van der Waals surface area contributed by atoms with Crippen LogP contribution in [-0.2, 0) is 33.5 Å². The Balaban J connectivity index is 0.896. The van der Waals surface area contributed by atoms with Gasteiger partial charge in [-0.25, -0.2) is 0 Å². The molecule has 0 spiro atoms. The van der Waals surface area contributed by atoms with Crippen LogP contribution in [0.25, 0.3) is 0 Å². The molecule has 0 radical (unpaired) electrons. The number of nitrogens with zero attached hydrogens (tertiary/aromatic N) is 4. The Morgan fingerprint density at radius 3 is 1.50 bits per heavy atom. The third-order valence-electron chi connectivity index (χ3n) is 13.7. The molecule has 4 aliphatic carbocycles. The zero-order valence-corrected chi connectivity index (χ0v) is 29.5. The number of hydrogen-bond donors (Lipinski definition) is 2. The first-order chi connectivity index (χ1) is 24.2. The highest BCUT2D eigenvalue weighted by molar-refractivity contribution is 5.81. The molecule has 5 heterocycles. The predicted octanol–water partition coefficient (Wildman–Crippen LogP) is 3.29. The van der Waals surface area contributed by atoms with Crippen molar-refractivity contribution in [3.8, 4) is 0 Å². The molecule has 2 aromatic rings. The zero-order valence-electron chi connectivity index (χ0n) is 29.5. The van der Waals surface area contributed by atoms with E-state index in [1.165, 1.54) is 11.1 Å². The SMILES string of the molecule is CC1=CC2Cc3[nH]c(=O)ccc3[C@@]3(C1)C2CCCN3C(=O)CN1CCN(CC(=O)N2CCCC3C4C=C(C)C[C@]32c2ccc(=O)[nH]c2C4)CC1. The molecule has 10 heteroatoms. The minimum absolute atomic E-state index is 0.0723. The van der Waals surface area contributed by atoms with Crippen molar-refractivity contribution in [2.45, 2.75) is 76.3 Å². The lowest BCUT2D eigenvalue weighted by atomic mass is 9.56. The minimum Gasteiger partial charge on any atom is -0.331 e. The monoisotopic (exact) mass is 678 g/mol. The number of carbonyl (C=O) groups is 2. The lowest BCUT2D eigenvalue weighted by Crippen LogP contribution is -2.64. The normalized spacial score (nSPS) is 33.3. The molecule has 3 aliphatic heterocycles. The van der Waals surface area contributed by atoms with E-state index in [1.807, 2.05) is 12.1 Å². The van der Waals surface area contributed by atoms with Gasteiger partial charge in [-0.15, -0.1) is 0 Å². The molecule has 0 saturated carbocycles. The van der Waals surface area contributed by atoms with E-state index in [4.69, 9.17) is 0 Å². The smallest absolute Gasteiger partial charge is 0.248 e. The van der Waals surface area contributed by atoms with Gasteiger partial charge in [-0.05, 0) is 112 Å². The number of rotatable bonds is 4. The Hall–Kier alpha value is -3.76. The predicted molar refractivity (Wildman–Crippen MR) is 190 cm³/mol. The molecule has 10 nitrogen and oxygen atoms in total. The van der Waals surface area contributed by atoms with Crippen molar-refractivity contribution in [2.24, 2.45) is 23.7 Å². The molecule has 2 aromatic heterocycles. The fraction of sp³-hybridized carbons (Fsp3) is 0.600. The second-order valence-electron chi connectivity index (χ2n) is 16.5. The highest BCUT2D eigenvalue weighted by Gasteiger charge is 2.58. The molecule has 4 unspecified atom stereocenters. The van der Waals surface area contributed by atoms with Crippen LogP contribution in [0.4, 0.5) is 0 Å². The van der Waals surface area contributed by atoms with Crippen LogP contribution in [0, 0.1) is 23.7 Å². The number of fused-ring (bicyclic) bond motifs is 2. The Labute approximate surface area is 293 Å². The van der Waals surface area contributed by atoms with E-state index >= 15 is 0 Å². The van der Waals surface area contributed by atoms with Gasteiger partial charge in [0.25, 0.3) is 0 Å². The largest absolute Gasteiger partial charge is 0.331 e. The van der Waals surface area contributed by atoms with Gasteiger partial charge >= 0.3 is 0 Å². The van der Waals surface area contributed by atoms with E-state index < -0.39 is 11.1 Å². The third-order valence-corrected chi connectivity index (χ3v) is 13.7. The van der Waals surface area contributed by atoms with Gasteiger partial charge in [-0.3, -0.25) is 29.0 Å². The molecule has 2 amide bonds. The zero-order chi connectivity index (χ0) is 34.4. The van der Waals surface area contributed by atoms with Crippen LogP contribution in [-0.4, -0.2) is 93.7 Å². The molecule has 0 aromatic carbocycles.